The van der Waals surface area contributed by atoms with Crippen molar-refractivity contribution in [3.63, 3.8) is 0 Å². The number of ether oxygens (including phenoxy) is 2. The van der Waals surface area contributed by atoms with Crippen molar-refractivity contribution in [2.24, 2.45) is 5.10 Å². The SMILES string of the molecule is C/C(=N/NC(=O)CN(c1ccc(Cl)cc1)S(=O)(=O)c1ccc(C)cc1)c1ccc2c(c1)OCCO2. The van der Waals surface area contributed by atoms with Gasteiger partial charge in [-0.1, -0.05) is 29.3 Å². The second-order valence-electron chi connectivity index (χ2n) is 7.89. The molecule has 3 aromatic carbocycles. The molecule has 1 aliphatic rings. The van der Waals surface area contributed by atoms with Gasteiger partial charge in [-0.05, 0) is 68.4 Å². The number of nitrogens with one attached hydrogen (secondary N) is 1. The first-order valence-electron chi connectivity index (χ1n) is 10.8. The Morgan fingerprint density at radius 3 is 2.34 bits per heavy atom. The van der Waals surface area contributed by atoms with Gasteiger partial charge in [-0.15, -0.1) is 0 Å². The molecule has 0 fully saturated rings. The van der Waals surface area contributed by atoms with E-state index in [2.05, 4.69) is 10.5 Å². The topological polar surface area (TPSA) is 97.3 Å². The van der Waals surface area contributed by atoms with Crippen molar-refractivity contribution in [2.45, 2.75) is 18.7 Å². The van der Waals surface area contributed by atoms with Crippen LogP contribution in [0.1, 0.15) is 18.1 Å². The van der Waals surface area contributed by atoms with Gasteiger partial charge in [0.25, 0.3) is 15.9 Å². The number of hydrazone groups is 1. The molecular formula is C25H24ClN3O5S. The highest BCUT2D eigenvalue weighted by Crippen LogP contribution is 2.31. The lowest BCUT2D eigenvalue weighted by Crippen LogP contribution is -2.39. The van der Waals surface area contributed by atoms with Gasteiger partial charge in [0.15, 0.2) is 11.5 Å². The molecule has 1 heterocycles. The van der Waals surface area contributed by atoms with Crippen molar-refractivity contribution in [3.8, 4) is 11.5 Å². The second-order valence-corrected chi connectivity index (χ2v) is 10.2. The number of rotatable bonds is 7. The van der Waals surface area contributed by atoms with Gasteiger partial charge in [0, 0.05) is 10.6 Å². The number of benzene rings is 3. The Labute approximate surface area is 209 Å². The number of aryl methyl sites for hydroxylation is 1. The maximum Gasteiger partial charge on any atom is 0.264 e. The maximum absolute atomic E-state index is 13.4. The zero-order chi connectivity index (χ0) is 25.0. The zero-order valence-corrected chi connectivity index (χ0v) is 20.8. The van der Waals surface area contributed by atoms with Gasteiger partial charge < -0.3 is 9.47 Å². The van der Waals surface area contributed by atoms with E-state index in [1.165, 1.54) is 12.1 Å². The molecule has 35 heavy (non-hydrogen) atoms. The number of sulfonamides is 1. The first-order valence-corrected chi connectivity index (χ1v) is 12.6. The molecular weight excluding hydrogens is 490 g/mol. The summed E-state index contributed by atoms with van der Waals surface area (Å²) in [6.07, 6.45) is 0. The molecule has 0 unspecified atom stereocenters. The summed E-state index contributed by atoms with van der Waals surface area (Å²) in [4.78, 5) is 12.9. The normalized spacial score (nSPS) is 13.3. The number of anilines is 1. The maximum atomic E-state index is 13.4. The van der Waals surface area contributed by atoms with Crippen molar-refractivity contribution >= 4 is 38.9 Å². The molecule has 3 aromatic rings. The fraction of sp³-hybridized carbons (Fsp3) is 0.200. The highest BCUT2D eigenvalue weighted by molar-refractivity contribution is 7.92. The van der Waals surface area contributed by atoms with Crippen LogP contribution in [0.15, 0.2) is 76.7 Å². The van der Waals surface area contributed by atoms with E-state index in [0.717, 1.165) is 15.4 Å². The fourth-order valence-electron chi connectivity index (χ4n) is 3.40. The zero-order valence-electron chi connectivity index (χ0n) is 19.2. The van der Waals surface area contributed by atoms with E-state index in [1.54, 1.807) is 61.5 Å². The average Bonchev–Trinajstić information content (AvgIpc) is 2.86. The quantitative estimate of drug-likeness (QED) is 0.378. The Morgan fingerprint density at radius 1 is 1.00 bits per heavy atom. The van der Waals surface area contributed by atoms with Crippen LogP contribution in [0.2, 0.25) is 5.02 Å². The van der Waals surface area contributed by atoms with Crippen molar-refractivity contribution in [2.75, 3.05) is 24.1 Å². The molecule has 1 amide bonds. The van der Waals surface area contributed by atoms with E-state index < -0.39 is 22.5 Å². The summed E-state index contributed by atoms with van der Waals surface area (Å²) in [5, 5.41) is 4.60. The van der Waals surface area contributed by atoms with Crippen LogP contribution >= 0.6 is 11.6 Å². The Morgan fingerprint density at radius 2 is 1.66 bits per heavy atom. The number of carbonyl (C=O) groups excluding carboxylic acids is 1. The van der Waals surface area contributed by atoms with Gasteiger partial charge in [0.05, 0.1) is 16.3 Å². The fourth-order valence-corrected chi connectivity index (χ4v) is 4.95. The minimum atomic E-state index is -4.03. The highest BCUT2D eigenvalue weighted by Gasteiger charge is 2.27. The van der Waals surface area contributed by atoms with Crippen molar-refractivity contribution < 1.29 is 22.7 Å². The van der Waals surface area contributed by atoms with Gasteiger partial charge in [-0.25, -0.2) is 13.8 Å². The van der Waals surface area contributed by atoms with Gasteiger partial charge in [-0.2, -0.15) is 5.10 Å². The third kappa shape index (κ3) is 5.75. The molecule has 0 spiro atoms. The Hall–Kier alpha value is -3.56. The third-order valence-electron chi connectivity index (χ3n) is 5.32. The van der Waals surface area contributed by atoms with E-state index in [1.807, 2.05) is 6.92 Å². The number of fused-ring (bicyclic) bond motifs is 1. The Balaban J connectivity index is 1.55. The van der Waals surface area contributed by atoms with Gasteiger partial charge in [-0.3, -0.25) is 9.10 Å². The van der Waals surface area contributed by atoms with E-state index in [4.69, 9.17) is 21.1 Å². The minimum Gasteiger partial charge on any atom is -0.486 e. The van der Waals surface area contributed by atoms with E-state index in [9.17, 15) is 13.2 Å². The molecule has 4 rings (SSSR count). The van der Waals surface area contributed by atoms with Crippen molar-refractivity contribution in [1.29, 1.82) is 0 Å². The summed E-state index contributed by atoms with van der Waals surface area (Å²) in [6, 6.07) is 18.0. The van der Waals surface area contributed by atoms with E-state index in [0.29, 0.717) is 41.1 Å². The smallest absolute Gasteiger partial charge is 0.264 e. The number of halogens is 1. The van der Waals surface area contributed by atoms with E-state index in [-0.39, 0.29) is 4.90 Å². The summed E-state index contributed by atoms with van der Waals surface area (Å²) in [5.41, 5.74) is 4.93. The minimum absolute atomic E-state index is 0.0711. The lowest BCUT2D eigenvalue weighted by molar-refractivity contribution is -0.119. The molecule has 0 atom stereocenters. The molecule has 182 valence electrons. The number of hydrogen-bond acceptors (Lipinski definition) is 6. The van der Waals surface area contributed by atoms with Crippen molar-refractivity contribution in [1.82, 2.24) is 5.43 Å². The van der Waals surface area contributed by atoms with Crippen LogP contribution in [0, 0.1) is 6.92 Å². The van der Waals surface area contributed by atoms with Crippen LogP contribution in [0.5, 0.6) is 11.5 Å². The lowest BCUT2D eigenvalue weighted by Gasteiger charge is -2.24. The molecule has 0 saturated heterocycles. The Bertz CT molecular complexity index is 1360. The highest BCUT2D eigenvalue weighted by atomic mass is 35.5. The first-order chi connectivity index (χ1) is 16.7. The summed E-state index contributed by atoms with van der Waals surface area (Å²) in [7, 11) is -4.03. The lowest BCUT2D eigenvalue weighted by atomic mass is 10.1. The predicted molar refractivity (Wildman–Crippen MR) is 135 cm³/mol. The van der Waals surface area contributed by atoms with E-state index >= 15 is 0 Å². The molecule has 0 aliphatic carbocycles. The van der Waals surface area contributed by atoms with Gasteiger partial charge in [0.2, 0.25) is 0 Å². The number of carbonyl (C=O) groups is 1. The first kappa shape index (κ1) is 24.6. The number of hydrogen-bond donors (Lipinski definition) is 1. The molecule has 8 nitrogen and oxygen atoms in total. The van der Waals surface area contributed by atoms with Crippen LogP contribution in [0.3, 0.4) is 0 Å². The summed E-state index contributed by atoms with van der Waals surface area (Å²) < 4.78 is 39.0. The second kappa shape index (κ2) is 10.4. The van der Waals surface area contributed by atoms with Crippen LogP contribution in [0.4, 0.5) is 5.69 Å². The summed E-state index contributed by atoms with van der Waals surface area (Å²) in [5.74, 6) is 0.650. The van der Waals surface area contributed by atoms with Crippen LogP contribution < -0.4 is 19.2 Å². The molecule has 10 heteroatoms. The van der Waals surface area contributed by atoms with Gasteiger partial charge in [0.1, 0.15) is 19.8 Å². The molecule has 0 bridgehead atoms. The number of nitrogens with zero attached hydrogens (tertiary/aromatic N) is 2. The molecule has 0 saturated carbocycles. The molecule has 1 N–H and O–H groups in total. The van der Waals surface area contributed by atoms with Crippen LogP contribution in [-0.2, 0) is 14.8 Å². The van der Waals surface area contributed by atoms with Crippen LogP contribution in [0.25, 0.3) is 0 Å². The largest absolute Gasteiger partial charge is 0.486 e. The van der Waals surface area contributed by atoms with Crippen molar-refractivity contribution in [3.05, 3.63) is 82.9 Å². The standard InChI is InChI=1S/C25H24ClN3O5S/c1-17-3-10-22(11-4-17)35(31,32)29(21-8-6-20(26)7-9-21)16-25(30)28-27-18(2)19-5-12-23-24(15-19)34-14-13-33-23/h3-12,15H,13-14,16H2,1-2H3,(H,28,30)/b27-18-. The third-order valence-corrected chi connectivity index (χ3v) is 7.36. The average molecular weight is 514 g/mol. The molecule has 0 radical (unpaired) electrons. The van der Waals surface area contributed by atoms with Crippen LogP contribution in [-0.4, -0.2) is 39.8 Å². The summed E-state index contributed by atoms with van der Waals surface area (Å²) >= 11 is 5.98. The molecule has 0 aromatic heterocycles. The monoisotopic (exact) mass is 513 g/mol. The van der Waals surface area contributed by atoms with Gasteiger partial charge >= 0.3 is 0 Å². The Kier molecular flexibility index (Phi) is 7.28. The molecule has 1 aliphatic heterocycles. The predicted octanol–water partition coefficient (Wildman–Crippen LogP) is 4.16. The number of amides is 1. The summed E-state index contributed by atoms with van der Waals surface area (Å²) in [6.45, 7) is 4.06.